The zero-order valence-corrected chi connectivity index (χ0v) is 9.67. The number of nitrogens with two attached hydrogens (primary N) is 1. The van der Waals surface area contributed by atoms with Crippen LogP contribution in [-0.2, 0) is 4.74 Å². The Labute approximate surface area is 104 Å². The highest BCUT2D eigenvalue weighted by molar-refractivity contribution is 5.99. The standard InChI is InChI=1S/C11H13N5O2/c12-5-8-7-16(3-4-18-8)11(17)9-6-14-2-1-10(9)15-13/h1-2,6,8H,3-4,7,13H2,(H,14,15). The molecule has 0 aliphatic carbocycles. The second-order valence-corrected chi connectivity index (χ2v) is 3.81. The molecule has 1 aliphatic rings. The fourth-order valence-corrected chi connectivity index (χ4v) is 1.77. The van der Waals surface area contributed by atoms with Gasteiger partial charge >= 0.3 is 0 Å². The van der Waals surface area contributed by atoms with Crippen LogP contribution in [-0.4, -0.2) is 41.6 Å². The number of anilines is 1. The van der Waals surface area contributed by atoms with Crippen molar-refractivity contribution in [3.63, 3.8) is 0 Å². The molecule has 7 heteroatoms. The number of morpholine rings is 1. The van der Waals surface area contributed by atoms with Crippen molar-refractivity contribution in [3.8, 4) is 6.07 Å². The van der Waals surface area contributed by atoms with Crippen molar-refractivity contribution in [2.45, 2.75) is 6.10 Å². The highest BCUT2D eigenvalue weighted by Gasteiger charge is 2.26. The van der Waals surface area contributed by atoms with Gasteiger partial charge < -0.3 is 15.1 Å². The lowest BCUT2D eigenvalue weighted by Gasteiger charge is -2.30. The van der Waals surface area contributed by atoms with Gasteiger partial charge in [-0.3, -0.25) is 15.6 Å². The maximum atomic E-state index is 12.3. The molecule has 1 aliphatic heterocycles. The number of carbonyl (C=O) groups excluding carboxylic acids is 1. The van der Waals surface area contributed by atoms with Crippen molar-refractivity contribution in [2.75, 3.05) is 25.1 Å². The largest absolute Gasteiger partial charge is 0.360 e. The molecule has 0 bridgehead atoms. The summed E-state index contributed by atoms with van der Waals surface area (Å²) in [5.74, 6) is 5.14. The van der Waals surface area contributed by atoms with Crippen LogP contribution in [0.3, 0.4) is 0 Å². The van der Waals surface area contributed by atoms with Gasteiger partial charge in [-0.05, 0) is 6.07 Å². The van der Waals surface area contributed by atoms with Gasteiger partial charge in [0.15, 0.2) is 6.10 Å². The van der Waals surface area contributed by atoms with Crippen LogP contribution in [0.25, 0.3) is 0 Å². The second kappa shape index (κ2) is 5.44. The fraction of sp³-hybridized carbons (Fsp3) is 0.364. The molecule has 1 fully saturated rings. The number of nitrogens with zero attached hydrogens (tertiary/aromatic N) is 3. The van der Waals surface area contributed by atoms with Crippen molar-refractivity contribution < 1.29 is 9.53 Å². The van der Waals surface area contributed by atoms with Crippen LogP contribution in [0, 0.1) is 11.3 Å². The van der Waals surface area contributed by atoms with Gasteiger partial charge in [-0.15, -0.1) is 0 Å². The van der Waals surface area contributed by atoms with Crippen LogP contribution in [0.4, 0.5) is 5.69 Å². The number of ether oxygens (including phenoxy) is 1. The molecule has 1 atom stereocenters. The summed E-state index contributed by atoms with van der Waals surface area (Å²) in [6, 6.07) is 3.62. The lowest BCUT2D eigenvalue weighted by molar-refractivity contribution is 0.00349. The van der Waals surface area contributed by atoms with Crippen molar-refractivity contribution in [1.82, 2.24) is 9.88 Å². The number of carbonyl (C=O) groups is 1. The van der Waals surface area contributed by atoms with Crippen molar-refractivity contribution in [3.05, 3.63) is 24.0 Å². The Morgan fingerprint density at radius 3 is 3.28 bits per heavy atom. The van der Waals surface area contributed by atoms with E-state index in [1.165, 1.54) is 6.20 Å². The molecule has 2 rings (SSSR count). The summed E-state index contributed by atoms with van der Waals surface area (Å²) < 4.78 is 5.19. The smallest absolute Gasteiger partial charge is 0.257 e. The van der Waals surface area contributed by atoms with Crippen LogP contribution < -0.4 is 11.3 Å². The SMILES string of the molecule is N#CC1CN(C(=O)c2cnccc2NN)CCO1. The molecule has 0 saturated carbocycles. The molecule has 1 aromatic heterocycles. The number of aromatic nitrogens is 1. The molecule has 7 nitrogen and oxygen atoms in total. The fourth-order valence-electron chi connectivity index (χ4n) is 1.77. The van der Waals surface area contributed by atoms with E-state index in [4.69, 9.17) is 15.8 Å². The number of pyridine rings is 1. The summed E-state index contributed by atoms with van der Waals surface area (Å²) in [6.45, 7) is 1.07. The molecule has 1 aromatic rings. The predicted molar refractivity (Wildman–Crippen MR) is 63.3 cm³/mol. The van der Waals surface area contributed by atoms with E-state index in [1.54, 1.807) is 17.2 Å². The summed E-state index contributed by atoms with van der Waals surface area (Å²) in [4.78, 5) is 17.7. The zero-order valence-electron chi connectivity index (χ0n) is 9.67. The minimum absolute atomic E-state index is 0.209. The normalized spacial score (nSPS) is 19.1. The number of rotatable bonds is 2. The van der Waals surface area contributed by atoms with E-state index >= 15 is 0 Å². The number of nitrogens with one attached hydrogen (secondary N) is 1. The lowest BCUT2D eigenvalue weighted by atomic mass is 10.2. The van der Waals surface area contributed by atoms with Gasteiger partial charge in [-0.2, -0.15) is 5.26 Å². The van der Waals surface area contributed by atoms with Crippen LogP contribution in [0.5, 0.6) is 0 Å². The molecular weight excluding hydrogens is 234 g/mol. The Bertz CT molecular complexity index is 485. The minimum atomic E-state index is -0.575. The molecule has 1 unspecified atom stereocenters. The highest BCUT2D eigenvalue weighted by Crippen LogP contribution is 2.16. The van der Waals surface area contributed by atoms with Crippen LogP contribution >= 0.6 is 0 Å². The first-order valence-electron chi connectivity index (χ1n) is 5.47. The molecule has 0 spiro atoms. The summed E-state index contributed by atoms with van der Waals surface area (Å²) in [7, 11) is 0. The number of hydrogen-bond acceptors (Lipinski definition) is 6. The first-order valence-corrected chi connectivity index (χ1v) is 5.47. The number of hydrazine groups is 1. The Kier molecular flexibility index (Phi) is 3.72. The summed E-state index contributed by atoms with van der Waals surface area (Å²) in [5, 5.41) is 8.80. The van der Waals surface area contributed by atoms with Crippen LogP contribution in [0.15, 0.2) is 18.5 Å². The van der Waals surface area contributed by atoms with Gasteiger partial charge in [0.05, 0.1) is 30.5 Å². The van der Waals surface area contributed by atoms with E-state index in [0.29, 0.717) is 24.4 Å². The quantitative estimate of drug-likeness (QED) is 0.550. The number of nitriles is 1. The van der Waals surface area contributed by atoms with Gasteiger partial charge in [-0.25, -0.2) is 0 Å². The van der Waals surface area contributed by atoms with E-state index in [1.807, 2.05) is 6.07 Å². The molecule has 94 valence electrons. The molecule has 0 aromatic carbocycles. The average molecular weight is 247 g/mol. The van der Waals surface area contributed by atoms with Crippen LogP contribution in [0.1, 0.15) is 10.4 Å². The van der Waals surface area contributed by atoms with E-state index in [0.717, 1.165) is 0 Å². The summed E-state index contributed by atoms with van der Waals surface area (Å²) in [6.07, 6.45) is 2.42. The highest BCUT2D eigenvalue weighted by atomic mass is 16.5. The van der Waals surface area contributed by atoms with Gasteiger partial charge in [-0.1, -0.05) is 0 Å². The van der Waals surface area contributed by atoms with Gasteiger partial charge in [0, 0.05) is 18.9 Å². The maximum Gasteiger partial charge on any atom is 0.257 e. The van der Waals surface area contributed by atoms with E-state index in [2.05, 4.69) is 10.4 Å². The molecule has 1 amide bonds. The number of hydrogen-bond donors (Lipinski definition) is 2. The Hall–Kier alpha value is -2.17. The summed E-state index contributed by atoms with van der Waals surface area (Å²) >= 11 is 0. The van der Waals surface area contributed by atoms with Gasteiger partial charge in [0.2, 0.25) is 0 Å². The van der Waals surface area contributed by atoms with E-state index in [9.17, 15) is 4.79 Å². The average Bonchev–Trinajstić information content (AvgIpc) is 2.46. The molecule has 2 heterocycles. The lowest BCUT2D eigenvalue weighted by Crippen LogP contribution is -2.45. The molecular formula is C11H13N5O2. The Morgan fingerprint density at radius 1 is 1.72 bits per heavy atom. The first-order chi connectivity index (χ1) is 8.76. The Balaban J connectivity index is 2.18. The number of nitrogen functional groups attached to an aromatic ring is 1. The molecule has 18 heavy (non-hydrogen) atoms. The van der Waals surface area contributed by atoms with Gasteiger partial charge in [0.25, 0.3) is 5.91 Å². The monoisotopic (exact) mass is 247 g/mol. The van der Waals surface area contributed by atoms with Crippen LogP contribution in [0.2, 0.25) is 0 Å². The third-order valence-corrected chi connectivity index (χ3v) is 2.70. The zero-order chi connectivity index (χ0) is 13.0. The number of amides is 1. The summed E-state index contributed by atoms with van der Waals surface area (Å²) in [5.41, 5.74) is 3.35. The Morgan fingerprint density at radius 2 is 2.56 bits per heavy atom. The van der Waals surface area contributed by atoms with E-state index < -0.39 is 6.10 Å². The minimum Gasteiger partial charge on any atom is -0.360 e. The second-order valence-electron chi connectivity index (χ2n) is 3.81. The van der Waals surface area contributed by atoms with Crippen molar-refractivity contribution in [2.24, 2.45) is 5.84 Å². The van der Waals surface area contributed by atoms with E-state index in [-0.39, 0.29) is 12.5 Å². The topological polar surface area (TPSA) is 104 Å². The maximum absolute atomic E-state index is 12.3. The predicted octanol–water partition coefficient (Wildman–Crippen LogP) is -0.268. The third kappa shape index (κ3) is 2.40. The van der Waals surface area contributed by atoms with Crippen molar-refractivity contribution in [1.29, 1.82) is 5.26 Å². The molecule has 3 N–H and O–H groups in total. The van der Waals surface area contributed by atoms with Crippen molar-refractivity contribution >= 4 is 11.6 Å². The molecule has 1 saturated heterocycles. The first kappa shape index (κ1) is 12.3. The van der Waals surface area contributed by atoms with Gasteiger partial charge in [0.1, 0.15) is 0 Å². The third-order valence-electron chi connectivity index (χ3n) is 2.70. The molecule has 0 radical (unpaired) electrons.